The summed E-state index contributed by atoms with van der Waals surface area (Å²) in [5, 5.41) is 5.83. The Morgan fingerprint density at radius 1 is 1.15 bits per heavy atom. The largest absolute Gasteiger partial charge is 0.366 e. The van der Waals surface area contributed by atoms with E-state index in [0.717, 1.165) is 45.3 Å². The molecule has 0 atom stereocenters. The fourth-order valence-corrected chi connectivity index (χ4v) is 3.15. The maximum Gasteiger partial charge on any atom is 0.248 e. The molecular weight excluding hydrogens is 344 g/mol. The van der Waals surface area contributed by atoms with Gasteiger partial charge < -0.3 is 21.3 Å². The lowest BCUT2D eigenvalue weighted by Gasteiger charge is -2.31. The van der Waals surface area contributed by atoms with Gasteiger partial charge in [-0.05, 0) is 56.6 Å². The number of primary amides is 1. The highest BCUT2D eigenvalue weighted by atomic mass is 16.2. The van der Waals surface area contributed by atoms with E-state index in [2.05, 4.69) is 22.5 Å². The Bertz CT molecular complexity index is 637. The Kier molecular flexibility index (Phi) is 8.26. The van der Waals surface area contributed by atoms with Gasteiger partial charge in [0.15, 0.2) is 0 Å². The third-order valence-corrected chi connectivity index (χ3v) is 4.90. The number of hydrogen-bond donors (Lipinski definition) is 3. The molecule has 0 saturated carbocycles. The number of amides is 3. The van der Waals surface area contributed by atoms with E-state index in [1.165, 1.54) is 0 Å². The van der Waals surface area contributed by atoms with Crippen molar-refractivity contribution in [2.24, 2.45) is 11.7 Å². The van der Waals surface area contributed by atoms with Crippen molar-refractivity contribution in [1.29, 1.82) is 0 Å². The summed E-state index contributed by atoms with van der Waals surface area (Å²) < 4.78 is 0. The van der Waals surface area contributed by atoms with Crippen LogP contribution in [0.25, 0.3) is 0 Å². The molecule has 7 nitrogen and oxygen atoms in total. The Labute approximate surface area is 160 Å². The summed E-state index contributed by atoms with van der Waals surface area (Å²) >= 11 is 0. The molecule has 148 valence electrons. The maximum absolute atomic E-state index is 12.1. The minimum atomic E-state index is -0.490. The number of nitrogens with zero attached hydrogens (tertiary/aromatic N) is 1. The van der Waals surface area contributed by atoms with Crippen LogP contribution in [0.4, 0.5) is 5.69 Å². The molecule has 3 amide bonds. The number of hydrogen-bond acceptors (Lipinski definition) is 4. The van der Waals surface area contributed by atoms with Gasteiger partial charge in [-0.2, -0.15) is 0 Å². The molecule has 2 rings (SSSR count). The summed E-state index contributed by atoms with van der Waals surface area (Å²) in [4.78, 5) is 37.5. The number of piperidine rings is 1. The van der Waals surface area contributed by atoms with Gasteiger partial charge in [0.05, 0.1) is 0 Å². The average Bonchev–Trinajstić information content (AvgIpc) is 2.67. The van der Waals surface area contributed by atoms with Crippen molar-refractivity contribution in [3.63, 3.8) is 0 Å². The Morgan fingerprint density at radius 2 is 1.81 bits per heavy atom. The second-order valence-corrected chi connectivity index (χ2v) is 7.00. The number of nitrogens with one attached hydrogen (secondary N) is 2. The van der Waals surface area contributed by atoms with E-state index >= 15 is 0 Å². The van der Waals surface area contributed by atoms with E-state index in [0.29, 0.717) is 24.2 Å². The molecule has 1 fully saturated rings. The predicted octanol–water partition coefficient (Wildman–Crippen LogP) is 1.74. The number of unbranched alkanes of at least 4 members (excludes halogenated alkanes) is 1. The van der Waals surface area contributed by atoms with Crippen LogP contribution in [0.2, 0.25) is 0 Å². The zero-order valence-electron chi connectivity index (χ0n) is 16.0. The highest BCUT2D eigenvalue weighted by molar-refractivity contribution is 5.94. The fourth-order valence-electron chi connectivity index (χ4n) is 3.15. The second-order valence-electron chi connectivity index (χ2n) is 7.00. The van der Waals surface area contributed by atoms with Gasteiger partial charge in [-0.3, -0.25) is 14.4 Å². The molecule has 0 unspecified atom stereocenters. The van der Waals surface area contributed by atoms with Crippen molar-refractivity contribution in [2.75, 3.05) is 31.5 Å². The van der Waals surface area contributed by atoms with Crippen molar-refractivity contribution >= 4 is 23.4 Å². The molecule has 4 N–H and O–H groups in total. The first-order valence-electron chi connectivity index (χ1n) is 9.69. The third kappa shape index (κ3) is 7.02. The van der Waals surface area contributed by atoms with Crippen molar-refractivity contribution in [3.8, 4) is 0 Å². The number of rotatable bonds is 9. The molecule has 0 aromatic heterocycles. The van der Waals surface area contributed by atoms with E-state index in [1.54, 1.807) is 24.3 Å². The van der Waals surface area contributed by atoms with Crippen LogP contribution in [0.5, 0.6) is 0 Å². The molecule has 7 heteroatoms. The summed E-state index contributed by atoms with van der Waals surface area (Å²) in [5.41, 5.74) is 6.25. The van der Waals surface area contributed by atoms with Gasteiger partial charge >= 0.3 is 0 Å². The number of carbonyl (C=O) groups excluding carboxylic acids is 3. The zero-order valence-corrected chi connectivity index (χ0v) is 16.0. The summed E-state index contributed by atoms with van der Waals surface area (Å²) in [7, 11) is 0. The maximum atomic E-state index is 12.1. The number of nitrogens with two attached hydrogens (primary N) is 1. The zero-order chi connectivity index (χ0) is 19.6. The summed E-state index contributed by atoms with van der Waals surface area (Å²) in [6.07, 6.45) is 4.17. The van der Waals surface area contributed by atoms with Gasteiger partial charge in [0.1, 0.15) is 0 Å². The van der Waals surface area contributed by atoms with Crippen LogP contribution >= 0.6 is 0 Å². The fraction of sp³-hybridized carbons (Fsp3) is 0.550. The molecule has 0 radical (unpaired) electrons. The number of benzene rings is 1. The molecule has 27 heavy (non-hydrogen) atoms. The Morgan fingerprint density at radius 3 is 2.41 bits per heavy atom. The molecule has 0 bridgehead atoms. The van der Waals surface area contributed by atoms with Crippen LogP contribution in [0, 0.1) is 5.92 Å². The van der Waals surface area contributed by atoms with Crippen molar-refractivity contribution < 1.29 is 14.4 Å². The van der Waals surface area contributed by atoms with Crippen LogP contribution in [0.3, 0.4) is 0 Å². The van der Waals surface area contributed by atoms with Crippen LogP contribution < -0.4 is 16.4 Å². The Balaban J connectivity index is 1.66. The highest BCUT2D eigenvalue weighted by Gasteiger charge is 2.24. The molecule has 1 heterocycles. The molecule has 1 aromatic carbocycles. The van der Waals surface area contributed by atoms with Gasteiger partial charge in [-0.1, -0.05) is 13.3 Å². The van der Waals surface area contributed by atoms with Gasteiger partial charge in [-0.25, -0.2) is 0 Å². The summed E-state index contributed by atoms with van der Waals surface area (Å²) in [5.74, 6) is -0.299. The van der Waals surface area contributed by atoms with E-state index < -0.39 is 5.91 Å². The smallest absolute Gasteiger partial charge is 0.248 e. The lowest BCUT2D eigenvalue weighted by molar-refractivity contribution is -0.126. The lowest BCUT2D eigenvalue weighted by Crippen LogP contribution is -2.41. The quantitative estimate of drug-likeness (QED) is 0.573. The first-order chi connectivity index (χ1) is 13.0. The topological polar surface area (TPSA) is 105 Å². The number of carbonyl (C=O) groups is 3. The van der Waals surface area contributed by atoms with Crippen molar-refractivity contribution in [3.05, 3.63) is 29.8 Å². The van der Waals surface area contributed by atoms with Crippen molar-refractivity contribution in [2.45, 2.75) is 39.0 Å². The molecule has 1 aliphatic heterocycles. The molecule has 1 saturated heterocycles. The third-order valence-electron chi connectivity index (χ3n) is 4.90. The first kappa shape index (κ1) is 20.9. The van der Waals surface area contributed by atoms with Crippen LogP contribution in [-0.4, -0.2) is 48.8 Å². The van der Waals surface area contributed by atoms with E-state index in [1.807, 2.05) is 0 Å². The predicted molar refractivity (Wildman–Crippen MR) is 105 cm³/mol. The van der Waals surface area contributed by atoms with E-state index in [-0.39, 0.29) is 17.7 Å². The molecule has 0 aliphatic carbocycles. The van der Waals surface area contributed by atoms with Gasteiger partial charge in [0.2, 0.25) is 17.7 Å². The van der Waals surface area contributed by atoms with Gasteiger partial charge in [-0.15, -0.1) is 0 Å². The molecule has 1 aromatic rings. The molecular formula is C20H30N4O3. The second kappa shape index (κ2) is 10.7. The minimum absolute atomic E-state index is 0.0683. The molecule has 0 spiro atoms. The van der Waals surface area contributed by atoms with Crippen LogP contribution in [0.1, 0.15) is 49.4 Å². The average molecular weight is 374 g/mol. The van der Waals surface area contributed by atoms with Crippen molar-refractivity contribution in [1.82, 2.24) is 10.2 Å². The SMILES string of the molecule is CCCCNC(=O)C1CCN(CCC(=O)Nc2ccc(C(N)=O)cc2)CC1. The van der Waals surface area contributed by atoms with Gasteiger partial charge in [0.25, 0.3) is 0 Å². The van der Waals surface area contributed by atoms with E-state index in [9.17, 15) is 14.4 Å². The number of likely N-dealkylation sites (tertiary alicyclic amines) is 1. The summed E-state index contributed by atoms with van der Waals surface area (Å²) in [6, 6.07) is 6.52. The van der Waals surface area contributed by atoms with Crippen LogP contribution in [0.15, 0.2) is 24.3 Å². The standard InChI is InChI=1S/C20H30N4O3/c1-2-3-11-22-20(27)16-8-12-24(13-9-16)14-10-18(25)23-17-6-4-15(5-7-17)19(21)26/h4-7,16H,2-3,8-14H2,1H3,(H2,21,26)(H,22,27)(H,23,25). The van der Waals surface area contributed by atoms with Gasteiger partial charge in [0, 0.05) is 36.7 Å². The monoisotopic (exact) mass is 374 g/mol. The molecule has 1 aliphatic rings. The summed E-state index contributed by atoms with van der Waals surface area (Å²) in [6.45, 7) is 5.22. The minimum Gasteiger partial charge on any atom is -0.366 e. The number of anilines is 1. The first-order valence-corrected chi connectivity index (χ1v) is 9.69. The lowest BCUT2D eigenvalue weighted by atomic mass is 9.95. The normalized spacial score (nSPS) is 15.3. The Hall–Kier alpha value is -2.41. The van der Waals surface area contributed by atoms with Crippen LogP contribution in [-0.2, 0) is 9.59 Å². The highest BCUT2D eigenvalue weighted by Crippen LogP contribution is 2.18. The van der Waals surface area contributed by atoms with E-state index in [4.69, 9.17) is 5.73 Å².